The third kappa shape index (κ3) is 3.55. The molecule has 1 fully saturated rings. The van der Waals surface area contributed by atoms with E-state index in [9.17, 15) is 4.39 Å². The fourth-order valence-corrected chi connectivity index (χ4v) is 3.20. The number of hydrogen-bond donors (Lipinski definition) is 0. The van der Waals surface area contributed by atoms with Gasteiger partial charge in [0, 0.05) is 13.0 Å². The Labute approximate surface area is 131 Å². The number of nitrogens with zero attached hydrogens (tertiary/aromatic N) is 2. The van der Waals surface area contributed by atoms with Crippen LogP contribution in [-0.2, 0) is 6.42 Å². The van der Waals surface area contributed by atoms with Crippen molar-refractivity contribution in [3.05, 3.63) is 53.5 Å². The Morgan fingerprint density at radius 2 is 2.27 bits per heavy atom. The molecule has 1 aromatic heterocycles. The van der Waals surface area contributed by atoms with Gasteiger partial charge in [0.1, 0.15) is 11.6 Å². The molecule has 118 valence electrons. The van der Waals surface area contributed by atoms with Crippen molar-refractivity contribution in [2.24, 2.45) is 5.92 Å². The maximum absolute atomic E-state index is 13.2. The molecule has 0 N–H and O–H groups in total. The van der Waals surface area contributed by atoms with Gasteiger partial charge < -0.3 is 4.42 Å². The van der Waals surface area contributed by atoms with E-state index in [1.54, 1.807) is 18.3 Å². The molecule has 0 amide bonds. The smallest absolute Gasteiger partial charge is 0.211 e. The highest BCUT2D eigenvalue weighted by atomic mass is 19.1. The summed E-state index contributed by atoms with van der Waals surface area (Å²) in [5, 5.41) is 0. The first-order valence-electron chi connectivity index (χ1n) is 8.05. The summed E-state index contributed by atoms with van der Waals surface area (Å²) in [5.74, 6) is 2.04. The van der Waals surface area contributed by atoms with Gasteiger partial charge in [-0.25, -0.2) is 9.37 Å². The van der Waals surface area contributed by atoms with Gasteiger partial charge in [-0.05, 0) is 43.0 Å². The second-order valence-electron chi connectivity index (χ2n) is 6.52. The minimum Gasteiger partial charge on any atom is -0.444 e. The van der Waals surface area contributed by atoms with E-state index in [0.717, 1.165) is 36.7 Å². The normalized spacial score (nSPS) is 19.2. The highest BCUT2D eigenvalue weighted by molar-refractivity contribution is 5.21. The lowest BCUT2D eigenvalue weighted by Crippen LogP contribution is -2.27. The quantitative estimate of drug-likeness (QED) is 0.829. The maximum atomic E-state index is 13.2. The number of rotatable bonds is 5. The number of halogens is 1. The highest BCUT2D eigenvalue weighted by Crippen LogP contribution is 2.32. The van der Waals surface area contributed by atoms with Gasteiger partial charge in [-0.3, -0.25) is 4.90 Å². The first-order chi connectivity index (χ1) is 10.6. The van der Waals surface area contributed by atoms with Crippen LogP contribution in [-0.4, -0.2) is 23.0 Å². The van der Waals surface area contributed by atoms with E-state index < -0.39 is 0 Å². The van der Waals surface area contributed by atoms with Crippen molar-refractivity contribution in [3.8, 4) is 0 Å². The van der Waals surface area contributed by atoms with Crippen LogP contribution in [0.4, 0.5) is 4.39 Å². The first-order valence-corrected chi connectivity index (χ1v) is 8.05. The molecule has 1 saturated heterocycles. The van der Waals surface area contributed by atoms with Gasteiger partial charge in [-0.15, -0.1) is 0 Å². The molecule has 3 nitrogen and oxygen atoms in total. The van der Waals surface area contributed by atoms with E-state index in [4.69, 9.17) is 4.42 Å². The van der Waals surface area contributed by atoms with E-state index in [0.29, 0.717) is 18.4 Å². The fraction of sp³-hybridized carbons (Fsp3) is 0.500. The van der Waals surface area contributed by atoms with Crippen LogP contribution < -0.4 is 0 Å². The Morgan fingerprint density at radius 3 is 3.05 bits per heavy atom. The zero-order chi connectivity index (χ0) is 15.5. The van der Waals surface area contributed by atoms with E-state index >= 15 is 0 Å². The number of aromatic nitrogens is 1. The van der Waals surface area contributed by atoms with E-state index in [1.165, 1.54) is 12.5 Å². The van der Waals surface area contributed by atoms with Gasteiger partial charge in [0.2, 0.25) is 5.89 Å². The Kier molecular flexibility index (Phi) is 4.57. The topological polar surface area (TPSA) is 29.3 Å². The summed E-state index contributed by atoms with van der Waals surface area (Å²) < 4.78 is 19.2. The number of hydrogen-bond acceptors (Lipinski definition) is 3. The van der Waals surface area contributed by atoms with Crippen molar-refractivity contribution in [1.82, 2.24) is 9.88 Å². The van der Waals surface area contributed by atoms with Crippen LogP contribution in [0.25, 0.3) is 0 Å². The average molecular weight is 302 g/mol. The van der Waals surface area contributed by atoms with Gasteiger partial charge in [0.05, 0.1) is 12.2 Å². The lowest BCUT2D eigenvalue weighted by atomic mass is 10.1. The van der Waals surface area contributed by atoms with E-state index in [1.807, 2.05) is 6.07 Å². The van der Waals surface area contributed by atoms with E-state index in [2.05, 4.69) is 23.7 Å². The molecule has 22 heavy (non-hydrogen) atoms. The van der Waals surface area contributed by atoms with Crippen LogP contribution in [0.5, 0.6) is 0 Å². The molecule has 1 unspecified atom stereocenters. The zero-order valence-electron chi connectivity index (χ0n) is 13.3. The second kappa shape index (κ2) is 6.61. The molecule has 0 saturated carbocycles. The Hall–Kier alpha value is -1.68. The van der Waals surface area contributed by atoms with E-state index in [-0.39, 0.29) is 5.82 Å². The summed E-state index contributed by atoms with van der Waals surface area (Å²) in [6.45, 7) is 6.66. The Morgan fingerprint density at radius 1 is 1.41 bits per heavy atom. The summed E-state index contributed by atoms with van der Waals surface area (Å²) in [4.78, 5) is 6.93. The van der Waals surface area contributed by atoms with Crippen molar-refractivity contribution < 1.29 is 8.81 Å². The summed E-state index contributed by atoms with van der Waals surface area (Å²) in [6, 6.07) is 6.93. The van der Waals surface area contributed by atoms with Crippen LogP contribution in [0.2, 0.25) is 0 Å². The molecule has 1 aliphatic heterocycles. The maximum Gasteiger partial charge on any atom is 0.211 e. The van der Waals surface area contributed by atoms with Crippen molar-refractivity contribution in [3.63, 3.8) is 0 Å². The van der Waals surface area contributed by atoms with Crippen molar-refractivity contribution in [2.75, 3.05) is 13.1 Å². The van der Waals surface area contributed by atoms with Crippen LogP contribution in [0.15, 0.2) is 34.9 Å². The van der Waals surface area contributed by atoms with Crippen LogP contribution in [0.1, 0.15) is 49.9 Å². The molecule has 2 heterocycles. The summed E-state index contributed by atoms with van der Waals surface area (Å²) in [6.07, 6.45) is 4.67. The average Bonchev–Trinajstić information content (AvgIpc) is 3.07. The lowest BCUT2D eigenvalue weighted by Gasteiger charge is -2.23. The summed E-state index contributed by atoms with van der Waals surface area (Å²) in [7, 11) is 0. The molecule has 0 radical (unpaired) electrons. The predicted octanol–water partition coefficient (Wildman–Crippen LogP) is 4.20. The SMILES string of the molecule is CC(C)CN1CCCC1c1ncc(Cc2cccc(F)c2)o1. The minimum absolute atomic E-state index is 0.212. The van der Waals surface area contributed by atoms with Crippen LogP contribution in [0.3, 0.4) is 0 Å². The highest BCUT2D eigenvalue weighted by Gasteiger charge is 2.29. The van der Waals surface area contributed by atoms with Crippen LogP contribution >= 0.6 is 0 Å². The van der Waals surface area contributed by atoms with Gasteiger partial charge >= 0.3 is 0 Å². The Bertz CT molecular complexity index is 623. The summed E-state index contributed by atoms with van der Waals surface area (Å²) in [5.41, 5.74) is 0.910. The monoisotopic (exact) mass is 302 g/mol. The molecule has 0 bridgehead atoms. The molecule has 1 aliphatic rings. The molecule has 1 atom stereocenters. The predicted molar refractivity (Wildman–Crippen MR) is 84.1 cm³/mol. The van der Waals surface area contributed by atoms with Gasteiger partial charge in [0.15, 0.2) is 0 Å². The second-order valence-corrected chi connectivity index (χ2v) is 6.52. The molecule has 1 aromatic carbocycles. The number of likely N-dealkylation sites (tertiary alicyclic amines) is 1. The first kappa shape index (κ1) is 15.2. The lowest BCUT2D eigenvalue weighted by molar-refractivity contribution is 0.199. The molecule has 0 aliphatic carbocycles. The number of oxazole rings is 1. The van der Waals surface area contributed by atoms with Crippen molar-refractivity contribution in [2.45, 2.75) is 39.2 Å². The molecule has 4 heteroatoms. The van der Waals surface area contributed by atoms with Crippen molar-refractivity contribution in [1.29, 1.82) is 0 Å². The van der Waals surface area contributed by atoms with Gasteiger partial charge in [0.25, 0.3) is 0 Å². The molecule has 3 rings (SSSR count). The third-order valence-corrected chi connectivity index (χ3v) is 4.09. The third-order valence-electron chi connectivity index (χ3n) is 4.09. The van der Waals surface area contributed by atoms with Gasteiger partial charge in [-0.2, -0.15) is 0 Å². The number of benzene rings is 1. The van der Waals surface area contributed by atoms with Crippen molar-refractivity contribution >= 4 is 0 Å². The minimum atomic E-state index is -0.212. The largest absolute Gasteiger partial charge is 0.444 e. The Balaban J connectivity index is 1.70. The summed E-state index contributed by atoms with van der Waals surface area (Å²) >= 11 is 0. The van der Waals surface area contributed by atoms with Crippen LogP contribution in [0, 0.1) is 11.7 Å². The van der Waals surface area contributed by atoms with Gasteiger partial charge in [-0.1, -0.05) is 26.0 Å². The molecular weight excluding hydrogens is 279 g/mol. The molecule has 0 spiro atoms. The molecule has 2 aromatic rings. The standard InChI is InChI=1S/C18H23FN2O/c1-13(2)12-21-8-4-7-17(21)18-20-11-16(22-18)10-14-5-3-6-15(19)9-14/h3,5-6,9,11,13,17H,4,7-8,10,12H2,1-2H3. The fourth-order valence-electron chi connectivity index (χ4n) is 3.20. The zero-order valence-corrected chi connectivity index (χ0v) is 13.3. The molecular formula is C18H23FN2O.